The predicted octanol–water partition coefficient (Wildman–Crippen LogP) is 2.46. The first-order chi connectivity index (χ1) is 8.79. The molecular formula is C14H21N3OS. The molecule has 0 spiro atoms. The van der Waals surface area contributed by atoms with Crippen LogP contribution in [0.15, 0.2) is 11.1 Å². The molecule has 0 atom stereocenters. The quantitative estimate of drug-likeness (QED) is 0.939. The lowest BCUT2D eigenvalue weighted by Crippen LogP contribution is -2.39. The molecule has 2 heterocycles. The zero-order valence-corrected chi connectivity index (χ0v) is 13.0. The summed E-state index contributed by atoms with van der Waals surface area (Å²) in [6.45, 7) is 11.8. The van der Waals surface area contributed by atoms with E-state index in [-0.39, 0.29) is 11.1 Å². The summed E-state index contributed by atoms with van der Waals surface area (Å²) in [5.74, 6) is 0. The first-order valence-corrected chi connectivity index (χ1v) is 7.31. The first kappa shape index (κ1) is 14.2. The molecule has 2 aromatic heterocycles. The minimum Gasteiger partial charge on any atom is -0.310 e. The molecule has 1 N–H and O–H groups in total. The molecule has 4 nitrogen and oxygen atoms in total. The van der Waals surface area contributed by atoms with Gasteiger partial charge < -0.3 is 5.32 Å². The van der Waals surface area contributed by atoms with Crippen LogP contribution in [0.4, 0.5) is 0 Å². The topological polar surface area (TPSA) is 46.9 Å². The fourth-order valence-corrected chi connectivity index (χ4v) is 2.97. The second-order valence-electron chi connectivity index (χ2n) is 5.88. The molecule has 0 aliphatic heterocycles. The van der Waals surface area contributed by atoms with Gasteiger partial charge in [-0.15, -0.1) is 11.3 Å². The van der Waals surface area contributed by atoms with Crippen LogP contribution in [0.25, 0.3) is 10.2 Å². The number of nitrogens with zero attached hydrogens (tertiary/aromatic N) is 2. The minimum atomic E-state index is 0.0655. The molecule has 0 saturated carbocycles. The van der Waals surface area contributed by atoms with Gasteiger partial charge >= 0.3 is 0 Å². The Labute approximate surface area is 117 Å². The zero-order valence-electron chi connectivity index (χ0n) is 12.2. The molecule has 5 heteroatoms. The van der Waals surface area contributed by atoms with Crippen LogP contribution in [-0.4, -0.2) is 21.6 Å². The minimum absolute atomic E-state index is 0.0655. The van der Waals surface area contributed by atoms with E-state index in [4.69, 9.17) is 0 Å². The monoisotopic (exact) mass is 279 g/mol. The van der Waals surface area contributed by atoms with E-state index in [2.05, 4.69) is 31.1 Å². The third-order valence-electron chi connectivity index (χ3n) is 3.16. The van der Waals surface area contributed by atoms with E-state index >= 15 is 0 Å². The van der Waals surface area contributed by atoms with Crippen molar-refractivity contribution in [2.24, 2.45) is 0 Å². The Balaban J connectivity index is 2.28. The number of nitrogens with one attached hydrogen (secondary N) is 1. The number of hydrogen-bond donors (Lipinski definition) is 1. The molecule has 0 radical (unpaired) electrons. The Bertz CT molecular complexity index is 649. The van der Waals surface area contributed by atoms with Gasteiger partial charge in [-0.1, -0.05) is 0 Å². The lowest BCUT2D eigenvalue weighted by atomic mass is 10.1. The predicted molar refractivity (Wildman–Crippen MR) is 81.1 cm³/mol. The van der Waals surface area contributed by atoms with E-state index in [1.165, 1.54) is 4.88 Å². The molecular weight excluding hydrogens is 258 g/mol. The van der Waals surface area contributed by atoms with Gasteiger partial charge in [-0.25, -0.2) is 4.98 Å². The lowest BCUT2D eigenvalue weighted by molar-refractivity contribution is 0.410. The molecule has 0 unspecified atom stereocenters. The van der Waals surface area contributed by atoms with Crippen LogP contribution in [0, 0.1) is 13.8 Å². The Morgan fingerprint density at radius 2 is 2.05 bits per heavy atom. The molecule has 0 saturated heterocycles. The third-order valence-corrected chi connectivity index (χ3v) is 4.28. The van der Waals surface area contributed by atoms with Crippen LogP contribution in [0.5, 0.6) is 0 Å². The highest BCUT2D eigenvalue weighted by atomic mass is 32.1. The highest BCUT2D eigenvalue weighted by molar-refractivity contribution is 7.18. The van der Waals surface area contributed by atoms with Crippen molar-refractivity contribution < 1.29 is 0 Å². The zero-order chi connectivity index (χ0) is 14.2. The van der Waals surface area contributed by atoms with Gasteiger partial charge in [-0.05, 0) is 40.2 Å². The van der Waals surface area contributed by atoms with E-state index in [1.807, 2.05) is 13.8 Å². The van der Waals surface area contributed by atoms with Crippen LogP contribution in [0.2, 0.25) is 0 Å². The van der Waals surface area contributed by atoms with Gasteiger partial charge in [0.25, 0.3) is 5.56 Å². The molecule has 19 heavy (non-hydrogen) atoms. The van der Waals surface area contributed by atoms with E-state index in [1.54, 1.807) is 22.2 Å². The summed E-state index contributed by atoms with van der Waals surface area (Å²) in [5, 5.41) is 4.16. The van der Waals surface area contributed by atoms with Crippen molar-refractivity contribution in [2.75, 3.05) is 6.54 Å². The molecule has 104 valence electrons. The first-order valence-electron chi connectivity index (χ1n) is 6.50. The Hall–Kier alpha value is -1.20. The summed E-state index contributed by atoms with van der Waals surface area (Å²) in [4.78, 5) is 18.8. The maximum atomic E-state index is 12.4. The van der Waals surface area contributed by atoms with Crippen LogP contribution < -0.4 is 10.9 Å². The van der Waals surface area contributed by atoms with Crippen molar-refractivity contribution >= 4 is 21.6 Å². The summed E-state index contributed by atoms with van der Waals surface area (Å²) in [5.41, 5.74) is 1.20. The van der Waals surface area contributed by atoms with Crippen molar-refractivity contribution in [1.82, 2.24) is 14.9 Å². The number of hydrogen-bond acceptors (Lipinski definition) is 4. The van der Waals surface area contributed by atoms with Crippen LogP contribution >= 0.6 is 11.3 Å². The summed E-state index contributed by atoms with van der Waals surface area (Å²) in [7, 11) is 0. The van der Waals surface area contributed by atoms with Gasteiger partial charge in [0.1, 0.15) is 4.83 Å². The fourth-order valence-electron chi connectivity index (χ4n) is 1.98. The van der Waals surface area contributed by atoms with E-state index in [9.17, 15) is 4.79 Å². The maximum Gasteiger partial charge on any atom is 0.262 e. The largest absolute Gasteiger partial charge is 0.310 e. The number of rotatable bonds is 3. The average Bonchev–Trinajstić information content (AvgIpc) is 2.57. The normalized spacial score (nSPS) is 12.3. The Morgan fingerprint density at radius 3 is 2.68 bits per heavy atom. The Morgan fingerprint density at radius 1 is 1.37 bits per heavy atom. The van der Waals surface area contributed by atoms with Crippen molar-refractivity contribution in [1.29, 1.82) is 0 Å². The maximum absolute atomic E-state index is 12.4. The second-order valence-corrected chi connectivity index (χ2v) is 7.09. The number of aromatic nitrogens is 2. The van der Waals surface area contributed by atoms with Gasteiger partial charge in [-0.2, -0.15) is 0 Å². The summed E-state index contributed by atoms with van der Waals surface area (Å²) in [6.07, 6.45) is 1.66. The van der Waals surface area contributed by atoms with Gasteiger partial charge in [0, 0.05) is 23.5 Å². The second kappa shape index (κ2) is 5.06. The Kier molecular flexibility index (Phi) is 3.78. The van der Waals surface area contributed by atoms with Crippen molar-refractivity contribution in [3.8, 4) is 0 Å². The molecule has 2 aromatic rings. The van der Waals surface area contributed by atoms with Gasteiger partial charge in [0.2, 0.25) is 0 Å². The average molecular weight is 279 g/mol. The summed E-state index contributed by atoms with van der Waals surface area (Å²) < 4.78 is 1.69. The standard InChI is InChI=1S/C14H21N3OS/c1-9-10(2)19-12-11(9)13(18)17(8-15-12)7-6-16-14(3,4)5/h8,16H,6-7H2,1-5H3. The smallest absolute Gasteiger partial charge is 0.262 e. The molecule has 0 aliphatic rings. The molecule has 0 amide bonds. The number of fused-ring (bicyclic) bond motifs is 1. The van der Waals surface area contributed by atoms with E-state index in [0.717, 1.165) is 22.3 Å². The van der Waals surface area contributed by atoms with E-state index in [0.29, 0.717) is 6.54 Å². The summed E-state index contributed by atoms with van der Waals surface area (Å²) >= 11 is 1.59. The SMILES string of the molecule is Cc1sc2ncn(CCNC(C)(C)C)c(=O)c2c1C. The molecule has 0 fully saturated rings. The van der Waals surface area contributed by atoms with Gasteiger partial charge in [-0.3, -0.25) is 9.36 Å². The van der Waals surface area contributed by atoms with Gasteiger partial charge in [0.05, 0.1) is 11.7 Å². The number of aryl methyl sites for hydroxylation is 2. The van der Waals surface area contributed by atoms with Crippen molar-refractivity contribution in [2.45, 2.75) is 46.7 Å². The molecule has 2 rings (SSSR count). The number of thiophene rings is 1. The highest BCUT2D eigenvalue weighted by Crippen LogP contribution is 2.25. The van der Waals surface area contributed by atoms with E-state index < -0.39 is 0 Å². The highest BCUT2D eigenvalue weighted by Gasteiger charge is 2.12. The van der Waals surface area contributed by atoms with Crippen LogP contribution in [0.3, 0.4) is 0 Å². The third kappa shape index (κ3) is 3.04. The fraction of sp³-hybridized carbons (Fsp3) is 0.571. The lowest BCUT2D eigenvalue weighted by Gasteiger charge is -2.20. The molecule has 0 aliphatic carbocycles. The van der Waals surface area contributed by atoms with Gasteiger partial charge in [0.15, 0.2) is 0 Å². The van der Waals surface area contributed by atoms with Crippen molar-refractivity contribution in [3.05, 3.63) is 27.1 Å². The molecule has 0 bridgehead atoms. The van der Waals surface area contributed by atoms with Crippen LogP contribution in [-0.2, 0) is 6.54 Å². The van der Waals surface area contributed by atoms with Crippen LogP contribution in [0.1, 0.15) is 31.2 Å². The molecule has 0 aromatic carbocycles. The summed E-state index contributed by atoms with van der Waals surface area (Å²) in [6, 6.07) is 0. The van der Waals surface area contributed by atoms with Crippen molar-refractivity contribution in [3.63, 3.8) is 0 Å².